The summed E-state index contributed by atoms with van der Waals surface area (Å²) < 4.78 is 2.02. The third-order valence-corrected chi connectivity index (χ3v) is 3.94. The predicted molar refractivity (Wildman–Crippen MR) is 99.0 cm³/mol. The molecule has 2 aromatic carbocycles. The molecule has 0 fully saturated rings. The number of carboxylic acid groups (broad SMARTS) is 1. The van der Waals surface area contributed by atoms with Crippen LogP contribution in [0.1, 0.15) is 19.4 Å². The van der Waals surface area contributed by atoms with E-state index in [1.165, 1.54) is 0 Å². The summed E-state index contributed by atoms with van der Waals surface area (Å²) in [5, 5.41) is 10.0. The number of aromatic nitrogens is 1. The van der Waals surface area contributed by atoms with Gasteiger partial charge in [-0.3, -0.25) is 4.79 Å². The van der Waals surface area contributed by atoms with Crippen molar-refractivity contribution in [1.29, 1.82) is 0 Å². The van der Waals surface area contributed by atoms with Gasteiger partial charge in [-0.15, -0.1) is 0 Å². The quantitative estimate of drug-likeness (QED) is 0.766. The highest BCUT2D eigenvalue weighted by molar-refractivity contribution is 5.89. The lowest BCUT2D eigenvalue weighted by atomic mass is 10.0. The number of hydrogen-bond donors (Lipinski definition) is 2. The van der Waals surface area contributed by atoms with E-state index in [-0.39, 0.29) is 0 Å². The summed E-state index contributed by atoms with van der Waals surface area (Å²) in [6.45, 7) is 4.00. The third-order valence-electron chi connectivity index (χ3n) is 3.94. The first-order chi connectivity index (χ1) is 11.6. The van der Waals surface area contributed by atoms with E-state index < -0.39 is 12.0 Å². The van der Waals surface area contributed by atoms with Crippen LogP contribution in [0.5, 0.6) is 0 Å². The Morgan fingerprint density at radius 1 is 1.12 bits per heavy atom. The van der Waals surface area contributed by atoms with Crippen LogP contribution in [-0.4, -0.2) is 21.7 Å². The maximum atomic E-state index is 11.0. The van der Waals surface area contributed by atoms with Crippen LogP contribution in [0.2, 0.25) is 0 Å². The fourth-order valence-electron chi connectivity index (χ4n) is 2.76. The Hall–Kier alpha value is -2.59. The minimum Gasteiger partial charge on any atom is -0.480 e. The van der Waals surface area contributed by atoms with E-state index in [4.69, 9.17) is 10.8 Å². The first-order valence-electron chi connectivity index (χ1n) is 8.18. The standard InChI is InChI=1S/C18H18N2O2.C2H6/c1-20-11-14(9-16(19)18(21)22)15-8-7-13(10-17(15)20)12-5-3-2-4-6-12;1-2/h2-8,10-11,16H,9,19H2,1H3,(H,21,22);1-2H3. The molecule has 1 heterocycles. The lowest BCUT2D eigenvalue weighted by Crippen LogP contribution is -2.32. The maximum Gasteiger partial charge on any atom is 0.320 e. The monoisotopic (exact) mass is 324 g/mol. The van der Waals surface area contributed by atoms with Gasteiger partial charge in [0.1, 0.15) is 6.04 Å². The van der Waals surface area contributed by atoms with Crippen LogP contribution in [0.4, 0.5) is 0 Å². The second-order valence-corrected chi connectivity index (χ2v) is 5.51. The Morgan fingerprint density at radius 3 is 2.42 bits per heavy atom. The van der Waals surface area contributed by atoms with E-state index in [9.17, 15) is 4.79 Å². The van der Waals surface area contributed by atoms with Crippen LogP contribution in [0, 0.1) is 0 Å². The molecular formula is C20H24N2O2. The summed E-state index contributed by atoms with van der Waals surface area (Å²) in [6, 6.07) is 15.5. The molecule has 3 N–H and O–H groups in total. The van der Waals surface area contributed by atoms with Crippen LogP contribution >= 0.6 is 0 Å². The van der Waals surface area contributed by atoms with Crippen molar-refractivity contribution in [1.82, 2.24) is 4.57 Å². The highest BCUT2D eigenvalue weighted by Crippen LogP contribution is 2.27. The zero-order valence-electron chi connectivity index (χ0n) is 14.4. The molecular weight excluding hydrogens is 300 g/mol. The normalized spacial score (nSPS) is 11.7. The molecule has 1 aromatic heterocycles. The lowest BCUT2D eigenvalue weighted by molar-refractivity contribution is -0.138. The Bertz CT molecular complexity index is 822. The zero-order valence-corrected chi connectivity index (χ0v) is 14.4. The maximum absolute atomic E-state index is 11.0. The van der Waals surface area contributed by atoms with E-state index in [0.29, 0.717) is 6.42 Å². The summed E-state index contributed by atoms with van der Waals surface area (Å²) >= 11 is 0. The van der Waals surface area contributed by atoms with E-state index in [0.717, 1.165) is 27.6 Å². The van der Waals surface area contributed by atoms with Gasteiger partial charge in [0.25, 0.3) is 0 Å². The first kappa shape index (κ1) is 17.8. The van der Waals surface area contributed by atoms with Crippen LogP contribution < -0.4 is 5.73 Å². The van der Waals surface area contributed by atoms with Crippen molar-refractivity contribution in [3.63, 3.8) is 0 Å². The molecule has 0 bridgehead atoms. The van der Waals surface area contributed by atoms with Gasteiger partial charge in [0.05, 0.1) is 0 Å². The van der Waals surface area contributed by atoms with E-state index >= 15 is 0 Å². The molecule has 0 aliphatic heterocycles. The molecule has 0 aliphatic carbocycles. The van der Waals surface area contributed by atoms with Crippen molar-refractivity contribution in [2.75, 3.05) is 0 Å². The molecule has 1 atom stereocenters. The molecule has 0 aliphatic rings. The largest absolute Gasteiger partial charge is 0.480 e. The van der Waals surface area contributed by atoms with Crippen LogP contribution in [0.15, 0.2) is 54.7 Å². The molecule has 3 aromatic rings. The summed E-state index contributed by atoms with van der Waals surface area (Å²) in [5.74, 6) is -0.974. The van der Waals surface area contributed by atoms with E-state index in [1.54, 1.807) is 0 Å². The fourth-order valence-corrected chi connectivity index (χ4v) is 2.76. The van der Waals surface area contributed by atoms with Crippen molar-refractivity contribution < 1.29 is 9.90 Å². The summed E-state index contributed by atoms with van der Waals surface area (Å²) in [7, 11) is 1.97. The van der Waals surface area contributed by atoms with Crippen molar-refractivity contribution in [3.05, 3.63) is 60.3 Å². The number of nitrogens with two attached hydrogens (primary N) is 1. The Morgan fingerprint density at radius 2 is 1.79 bits per heavy atom. The summed E-state index contributed by atoms with van der Waals surface area (Å²) in [4.78, 5) is 11.0. The number of carbonyl (C=O) groups is 1. The van der Waals surface area contributed by atoms with Gasteiger partial charge in [0.15, 0.2) is 0 Å². The second kappa shape index (κ2) is 7.79. The summed E-state index contributed by atoms with van der Waals surface area (Å²) in [5.41, 5.74) is 10.0. The molecule has 4 heteroatoms. The Kier molecular flexibility index (Phi) is 5.77. The fraction of sp³-hybridized carbons (Fsp3) is 0.250. The molecule has 0 saturated carbocycles. The average molecular weight is 324 g/mol. The number of aliphatic carboxylic acids is 1. The smallest absolute Gasteiger partial charge is 0.320 e. The van der Waals surface area contributed by atoms with Gasteiger partial charge in [-0.25, -0.2) is 0 Å². The number of nitrogens with zero attached hydrogens (tertiary/aromatic N) is 1. The number of hydrogen-bond acceptors (Lipinski definition) is 2. The van der Waals surface area contributed by atoms with Crippen LogP contribution in [-0.2, 0) is 18.3 Å². The highest BCUT2D eigenvalue weighted by atomic mass is 16.4. The Labute approximate surface area is 142 Å². The van der Waals surface area contributed by atoms with Gasteiger partial charge in [-0.05, 0) is 22.8 Å². The van der Waals surface area contributed by atoms with Crippen LogP contribution in [0.3, 0.4) is 0 Å². The van der Waals surface area contributed by atoms with Crippen molar-refractivity contribution in [3.8, 4) is 11.1 Å². The SMILES string of the molecule is CC.Cn1cc(CC(N)C(=O)O)c2ccc(-c3ccccc3)cc21. The number of aryl methyl sites for hydroxylation is 1. The van der Waals surface area contributed by atoms with Gasteiger partial charge in [0.2, 0.25) is 0 Å². The number of carboxylic acids is 1. The minimum absolute atomic E-state index is 0.331. The Balaban J connectivity index is 0.00000100. The number of benzene rings is 2. The van der Waals surface area contributed by atoms with Crippen molar-refractivity contribution in [2.45, 2.75) is 26.3 Å². The molecule has 0 spiro atoms. The van der Waals surface area contributed by atoms with Gasteiger partial charge < -0.3 is 15.4 Å². The molecule has 1 unspecified atom stereocenters. The first-order valence-corrected chi connectivity index (χ1v) is 8.18. The van der Waals surface area contributed by atoms with Gasteiger partial charge in [-0.2, -0.15) is 0 Å². The lowest BCUT2D eigenvalue weighted by Gasteiger charge is -2.06. The average Bonchev–Trinajstić information content (AvgIpc) is 2.92. The predicted octanol–water partition coefficient (Wildman–Crippen LogP) is 3.83. The highest BCUT2D eigenvalue weighted by Gasteiger charge is 2.16. The third kappa shape index (κ3) is 3.66. The summed E-state index contributed by atoms with van der Waals surface area (Å²) in [6.07, 6.45) is 2.29. The van der Waals surface area contributed by atoms with Gasteiger partial charge in [0, 0.05) is 30.6 Å². The molecule has 0 saturated heterocycles. The molecule has 3 rings (SSSR count). The van der Waals surface area contributed by atoms with Gasteiger partial charge >= 0.3 is 5.97 Å². The molecule has 0 radical (unpaired) electrons. The topological polar surface area (TPSA) is 68.2 Å². The van der Waals surface area contributed by atoms with E-state index in [1.807, 2.05) is 55.9 Å². The second-order valence-electron chi connectivity index (χ2n) is 5.51. The van der Waals surface area contributed by atoms with Crippen molar-refractivity contribution >= 4 is 16.9 Å². The molecule has 24 heavy (non-hydrogen) atoms. The van der Waals surface area contributed by atoms with E-state index in [2.05, 4.69) is 24.3 Å². The number of fused-ring (bicyclic) bond motifs is 1. The molecule has 4 nitrogen and oxygen atoms in total. The van der Waals surface area contributed by atoms with Crippen molar-refractivity contribution in [2.24, 2.45) is 12.8 Å². The number of rotatable bonds is 4. The molecule has 0 amide bonds. The zero-order chi connectivity index (χ0) is 17.7. The molecule has 126 valence electrons. The van der Waals surface area contributed by atoms with Crippen LogP contribution in [0.25, 0.3) is 22.0 Å². The minimum atomic E-state index is -0.974. The van der Waals surface area contributed by atoms with Gasteiger partial charge in [-0.1, -0.05) is 56.3 Å².